The van der Waals surface area contributed by atoms with Crippen molar-refractivity contribution in [2.45, 2.75) is 63.6 Å². The van der Waals surface area contributed by atoms with Gasteiger partial charge in [-0.3, -0.25) is 4.79 Å². The van der Waals surface area contributed by atoms with E-state index in [0.717, 1.165) is 13.0 Å². The SMILES string of the molecule is COc1nc(OC2CCC(F)(F)CC2)c(F)cc1CNC(=O)C1CC(C)CN1.Cl. The molecule has 1 aromatic heterocycles. The fraction of sp³-hybridized carbons (Fsp3) is 0.684. The van der Waals surface area contributed by atoms with Crippen molar-refractivity contribution in [2.75, 3.05) is 13.7 Å². The molecule has 164 valence electrons. The topological polar surface area (TPSA) is 72.5 Å². The maximum absolute atomic E-state index is 14.4. The Labute approximate surface area is 174 Å². The molecule has 2 aliphatic rings. The van der Waals surface area contributed by atoms with Crippen LogP contribution in [0.1, 0.15) is 44.6 Å². The van der Waals surface area contributed by atoms with Crippen LogP contribution in [0.15, 0.2) is 6.07 Å². The molecule has 1 aromatic rings. The van der Waals surface area contributed by atoms with Gasteiger partial charge >= 0.3 is 0 Å². The van der Waals surface area contributed by atoms with Gasteiger partial charge in [0.1, 0.15) is 6.10 Å². The highest BCUT2D eigenvalue weighted by atomic mass is 35.5. The van der Waals surface area contributed by atoms with E-state index in [4.69, 9.17) is 9.47 Å². The van der Waals surface area contributed by atoms with Crippen LogP contribution >= 0.6 is 12.4 Å². The van der Waals surface area contributed by atoms with Gasteiger partial charge in [-0.25, -0.2) is 13.2 Å². The van der Waals surface area contributed by atoms with Crippen molar-refractivity contribution in [3.05, 3.63) is 17.4 Å². The van der Waals surface area contributed by atoms with Gasteiger partial charge in [0.15, 0.2) is 5.82 Å². The number of aromatic nitrogens is 1. The van der Waals surface area contributed by atoms with Gasteiger partial charge in [0.25, 0.3) is 5.88 Å². The van der Waals surface area contributed by atoms with E-state index < -0.39 is 17.8 Å². The van der Waals surface area contributed by atoms with Crippen molar-refractivity contribution < 1.29 is 27.4 Å². The summed E-state index contributed by atoms with van der Waals surface area (Å²) in [4.78, 5) is 16.3. The molecular weight excluding hydrogens is 411 g/mol. The van der Waals surface area contributed by atoms with E-state index in [1.54, 1.807) is 0 Å². The normalized spacial score (nSPS) is 23.9. The molecule has 29 heavy (non-hydrogen) atoms. The van der Waals surface area contributed by atoms with Crippen LogP contribution in [0.4, 0.5) is 13.2 Å². The summed E-state index contributed by atoms with van der Waals surface area (Å²) in [7, 11) is 1.39. The quantitative estimate of drug-likeness (QED) is 0.715. The highest BCUT2D eigenvalue weighted by Gasteiger charge is 2.36. The molecule has 2 fully saturated rings. The minimum atomic E-state index is -2.68. The van der Waals surface area contributed by atoms with Crippen molar-refractivity contribution in [2.24, 2.45) is 5.92 Å². The van der Waals surface area contributed by atoms with Gasteiger partial charge in [0.05, 0.1) is 13.2 Å². The Bertz CT molecular complexity index is 713. The standard InChI is InChI=1S/C19H26F3N3O3.ClH/c1-11-7-15(23-9-11)16(26)24-10-12-8-14(20)18(25-17(12)27-2)28-13-3-5-19(21,22)6-4-13;/h8,11,13,15,23H,3-7,9-10H2,1-2H3,(H,24,26);1H. The molecule has 0 spiro atoms. The predicted molar refractivity (Wildman–Crippen MR) is 103 cm³/mol. The fourth-order valence-corrected chi connectivity index (χ4v) is 3.59. The van der Waals surface area contributed by atoms with Gasteiger partial charge in [0, 0.05) is 24.9 Å². The second-order valence-electron chi connectivity index (χ2n) is 7.64. The molecule has 6 nitrogen and oxygen atoms in total. The lowest BCUT2D eigenvalue weighted by molar-refractivity contribution is -0.123. The molecule has 1 saturated carbocycles. The zero-order chi connectivity index (χ0) is 20.3. The van der Waals surface area contributed by atoms with Crippen molar-refractivity contribution in [1.82, 2.24) is 15.6 Å². The van der Waals surface area contributed by atoms with Crippen LogP contribution in [0.2, 0.25) is 0 Å². The lowest BCUT2D eigenvalue weighted by atomic mass is 9.94. The molecule has 1 aliphatic heterocycles. The van der Waals surface area contributed by atoms with E-state index in [0.29, 0.717) is 11.5 Å². The van der Waals surface area contributed by atoms with Gasteiger partial charge in [0.2, 0.25) is 17.7 Å². The Morgan fingerprint density at radius 3 is 2.62 bits per heavy atom. The minimum absolute atomic E-state index is 0. The summed E-state index contributed by atoms with van der Waals surface area (Å²) in [5.74, 6) is -3.26. The Hall–Kier alpha value is -1.74. The number of hydrogen-bond acceptors (Lipinski definition) is 5. The van der Waals surface area contributed by atoms with Gasteiger partial charge in [-0.15, -0.1) is 12.4 Å². The van der Waals surface area contributed by atoms with Crippen molar-refractivity contribution in [3.63, 3.8) is 0 Å². The zero-order valence-electron chi connectivity index (χ0n) is 16.5. The number of pyridine rings is 1. The summed E-state index contributed by atoms with van der Waals surface area (Å²) in [6.45, 7) is 2.92. The molecule has 2 unspecified atom stereocenters. The first-order valence-corrected chi connectivity index (χ1v) is 9.56. The number of nitrogens with one attached hydrogen (secondary N) is 2. The van der Waals surface area contributed by atoms with Crippen LogP contribution < -0.4 is 20.1 Å². The molecular formula is C19H27ClF3N3O3. The summed E-state index contributed by atoms with van der Waals surface area (Å²) < 4.78 is 51.6. The Kier molecular flexibility index (Phi) is 7.99. The molecule has 0 aromatic carbocycles. The third-order valence-corrected chi connectivity index (χ3v) is 5.24. The number of carbonyl (C=O) groups is 1. The smallest absolute Gasteiger partial charge is 0.254 e. The molecule has 1 amide bonds. The number of rotatable bonds is 6. The Balaban J connectivity index is 0.00000300. The van der Waals surface area contributed by atoms with Gasteiger partial charge in [-0.2, -0.15) is 4.98 Å². The lowest BCUT2D eigenvalue weighted by Crippen LogP contribution is -2.40. The molecule has 1 aliphatic carbocycles. The van der Waals surface area contributed by atoms with Gasteiger partial charge < -0.3 is 20.1 Å². The van der Waals surface area contributed by atoms with Gasteiger partial charge in [-0.05, 0) is 37.8 Å². The third-order valence-electron chi connectivity index (χ3n) is 5.24. The second-order valence-corrected chi connectivity index (χ2v) is 7.64. The van der Waals surface area contributed by atoms with Crippen LogP contribution in [-0.2, 0) is 11.3 Å². The first-order valence-electron chi connectivity index (χ1n) is 9.56. The summed E-state index contributed by atoms with van der Waals surface area (Å²) in [6, 6.07) is 0.940. The molecule has 3 rings (SSSR count). The summed E-state index contributed by atoms with van der Waals surface area (Å²) >= 11 is 0. The highest BCUT2D eigenvalue weighted by Crippen LogP contribution is 2.35. The van der Waals surface area contributed by atoms with Crippen molar-refractivity contribution in [3.8, 4) is 11.8 Å². The third kappa shape index (κ3) is 6.12. The zero-order valence-corrected chi connectivity index (χ0v) is 17.3. The molecule has 1 saturated heterocycles. The summed E-state index contributed by atoms with van der Waals surface area (Å²) in [5.41, 5.74) is 0.377. The number of ether oxygens (including phenoxy) is 2. The van der Waals surface area contributed by atoms with Crippen LogP contribution in [0, 0.1) is 11.7 Å². The maximum atomic E-state index is 14.4. The monoisotopic (exact) mass is 437 g/mol. The van der Waals surface area contributed by atoms with Crippen LogP contribution in [0.25, 0.3) is 0 Å². The second kappa shape index (κ2) is 9.84. The fourth-order valence-electron chi connectivity index (χ4n) is 3.59. The van der Waals surface area contributed by atoms with Crippen molar-refractivity contribution in [1.29, 1.82) is 0 Å². The van der Waals surface area contributed by atoms with Crippen LogP contribution in [0.5, 0.6) is 11.8 Å². The molecule has 2 atom stereocenters. The number of amides is 1. The number of nitrogens with zero attached hydrogens (tertiary/aromatic N) is 1. The number of halogens is 4. The first-order chi connectivity index (χ1) is 13.3. The Morgan fingerprint density at radius 2 is 2.03 bits per heavy atom. The van der Waals surface area contributed by atoms with Crippen LogP contribution in [0.3, 0.4) is 0 Å². The molecule has 0 bridgehead atoms. The van der Waals surface area contributed by atoms with E-state index in [1.807, 2.05) is 0 Å². The number of alkyl halides is 2. The number of methoxy groups -OCH3 is 1. The average Bonchev–Trinajstić information content (AvgIpc) is 3.09. The van der Waals surface area contributed by atoms with Crippen LogP contribution in [-0.4, -0.2) is 42.6 Å². The average molecular weight is 438 g/mol. The number of carbonyl (C=O) groups excluding carboxylic acids is 1. The first kappa shape index (κ1) is 23.5. The predicted octanol–water partition coefficient (Wildman–Crippen LogP) is 3.22. The van der Waals surface area contributed by atoms with E-state index in [1.165, 1.54) is 13.2 Å². The number of hydrogen-bond donors (Lipinski definition) is 2. The van der Waals surface area contributed by atoms with E-state index >= 15 is 0 Å². The lowest BCUT2D eigenvalue weighted by Gasteiger charge is -2.28. The minimum Gasteiger partial charge on any atom is -0.481 e. The van der Waals surface area contributed by atoms with E-state index in [9.17, 15) is 18.0 Å². The van der Waals surface area contributed by atoms with Gasteiger partial charge in [-0.1, -0.05) is 6.92 Å². The molecule has 0 radical (unpaired) electrons. The van der Waals surface area contributed by atoms with Crippen molar-refractivity contribution >= 4 is 18.3 Å². The molecule has 2 heterocycles. The Morgan fingerprint density at radius 1 is 1.34 bits per heavy atom. The molecule has 2 N–H and O–H groups in total. The maximum Gasteiger partial charge on any atom is 0.254 e. The van der Waals surface area contributed by atoms with E-state index in [-0.39, 0.29) is 68.3 Å². The largest absolute Gasteiger partial charge is 0.481 e. The highest BCUT2D eigenvalue weighted by molar-refractivity contribution is 5.85. The van der Waals surface area contributed by atoms with E-state index in [2.05, 4.69) is 22.5 Å². The summed E-state index contributed by atoms with van der Waals surface area (Å²) in [6.07, 6.45) is -0.0412. The summed E-state index contributed by atoms with van der Waals surface area (Å²) in [5, 5.41) is 5.90. The molecule has 10 heteroatoms.